The second kappa shape index (κ2) is 3.50. The van der Waals surface area contributed by atoms with Crippen molar-refractivity contribution in [2.75, 3.05) is 0 Å². The molecule has 1 nitrogen and oxygen atoms in total. The quantitative estimate of drug-likeness (QED) is 0.727. The van der Waals surface area contributed by atoms with Gasteiger partial charge in [0.25, 0.3) is 0 Å². The second-order valence-electron chi connectivity index (χ2n) is 2.97. The third-order valence-electron chi connectivity index (χ3n) is 1.94. The van der Waals surface area contributed by atoms with Crippen molar-refractivity contribution in [1.82, 2.24) is 0 Å². The van der Waals surface area contributed by atoms with E-state index in [1.54, 1.807) is 30.3 Å². The smallest absolute Gasteiger partial charge is 0.123 e. The van der Waals surface area contributed by atoms with Crippen LogP contribution in [0.15, 0.2) is 42.5 Å². The maximum atomic E-state index is 12.6. The van der Waals surface area contributed by atoms with Crippen molar-refractivity contribution < 1.29 is 9.50 Å². The van der Waals surface area contributed by atoms with Gasteiger partial charge in [-0.25, -0.2) is 4.39 Å². The third-order valence-corrected chi connectivity index (χ3v) is 1.94. The van der Waals surface area contributed by atoms with E-state index in [1.807, 2.05) is 0 Å². The van der Waals surface area contributed by atoms with Crippen molar-refractivity contribution in [2.45, 2.75) is 0 Å². The van der Waals surface area contributed by atoms with Gasteiger partial charge in [0.1, 0.15) is 11.6 Å². The van der Waals surface area contributed by atoms with Gasteiger partial charge in [0.2, 0.25) is 0 Å². The van der Waals surface area contributed by atoms with E-state index in [4.69, 9.17) is 0 Å². The number of hydrogen-bond donors (Lipinski definition) is 1. The van der Waals surface area contributed by atoms with Crippen molar-refractivity contribution in [3.63, 3.8) is 0 Å². The molecule has 0 heterocycles. The van der Waals surface area contributed by atoms with Gasteiger partial charge < -0.3 is 5.11 Å². The number of phenolic OH excluding ortho intramolecular Hbond substituents is 1. The fourth-order valence-electron chi connectivity index (χ4n) is 1.25. The molecule has 2 aromatic rings. The Kier molecular flexibility index (Phi) is 2.19. The van der Waals surface area contributed by atoms with Gasteiger partial charge in [-0.15, -0.1) is 0 Å². The van der Waals surface area contributed by atoms with E-state index in [0.717, 1.165) is 11.1 Å². The third kappa shape index (κ3) is 1.74. The molecule has 69 valence electrons. The van der Waals surface area contributed by atoms with Crippen molar-refractivity contribution in [3.05, 3.63) is 54.3 Å². The molecule has 0 spiro atoms. The molecule has 0 aliphatic carbocycles. The van der Waals surface area contributed by atoms with Gasteiger partial charge in [-0.05, 0) is 41.5 Å². The van der Waals surface area contributed by atoms with Crippen LogP contribution in [0.5, 0.6) is 5.75 Å². The van der Waals surface area contributed by atoms with Gasteiger partial charge in [-0.2, -0.15) is 0 Å². The second-order valence-corrected chi connectivity index (χ2v) is 2.97. The van der Waals surface area contributed by atoms with Crippen molar-refractivity contribution in [2.24, 2.45) is 0 Å². The van der Waals surface area contributed by atoms with E-state index >= 15 is 0 Å². The van der Waals surface area contributed by atoms with E-state index in [0.29, 0.717) is 0 Å². The van der Waals surface area contributed by atoms with Crippen molar-refractivity contribution in [3.8, 4) is 16.9 Å². The maximum Gasteiger partial charge on any atom is 0.123 e. The number of benzene rings is 2. The van der Waals surface area contributed by atoms with Crippen LogP contribution >= 0.6 is 0 Å². The molecular formula is C12H8FO. The molecule has 1 N–H and O–H groups in total. The summed E-state index contributed by atoms with van der Waals surface area (Å²) in [5, 5.41) is 9.23. The molecule has 0 amide bonds. The molecule has 0 atom stereocenters. The standard InChI is InChI=1S/C12H8FO/c13-11-6-4-9(5-7-11)10-2-1-3-12(14)8-10/h1,3-8,14H. The molecule has 0 aliphatic rings. The Labute approximate surface area is 81.4 Å². The molecule has 0 saturated heterocycles. The monoisotopic (exact) mass is 187 g/mol. The molecular weight excluding hydrogens is 179 g/mol. The first-order valence-electron chi connectivity index (χ1n) is 4.22. The minimum atomic E-state index is -0.270. The van der Waals surface area contributed by atoms with E-state index in [1.165, 1.54) is 12.1 Å². The zero-order chi connectivity index (χ0) is 9.97. The molecule has 0 fully saturated rings. The molecule has 0 unspecified atom stereocenters. The van der Waals surface area contributed by atoms with Gasteiger partial charge in [-0.3, -0.25) is 0 Å². The Morgan fingerprint density at radius 2 is 1.79 bits per heavy atom. The number of phenols is 1. The predicted molar refractivity (Wildman–Crippen MR) is 52.3 cm³/mol. The normalized spacial score (nSPS) is 10.1. The summed E-state index contributed by atoms with van der Waals surface area (Å²) >= 11 is 0. The molecule has 0 bridgehead atoms. The summed E-state index contributed by atoms with van der Waals surface area (Å²) in [5.74, 6) is -0.0861. The summed E-state index contributed by atoms with van der Waals surface area (Å²) in [6.45, 7) is 0. The average Bonchev–Trinajstić information content (AvgIpc) is 2.19. The predicted octanol–water partition coefficient (Wildman–Crippen LogP) is 3.00. The maximum absolute atomic E-state index is 12.6. The highest BCUT2D eigenvalue weighted by Gasteiger charge is 1.98. The number of hydrogen-bond acceptors (Lipinski definition) is 1. The van der Waals surface area contributed by atoms with E-state index in [9.17, 15) is 9.50 Å². The summed E-state index contributed by atoms with van der Waals surface area (Å²) in [4.78, 5) is 0. The van der Waals surface area contributed by atoms with Crippen LogP contribution in [0.3, 0.4) is 0 Å². The first kappa shape index (κ1) is 8.75. The lowest BCUT2D eigenvalue weighted by atomic mass is 10.1. The van der Waals surface area contributed by atoms with Crippen LogP contribution in [0, 0.1) is 11.9 Å². The highest BCUT2D eigenvalue weighted by molar-refractivity contribution is 5.64. The number of halogens is 1. The summed E-state index contributed by atoms with van der Waals surface area (Å²) in [6.07, 6.45) is 0. The van der Waals surface area contributed by atoms with Gasteiger partial charge in [-0.1, -0.05) is 18.2 Å². The summed E-state index contributed by atoms with van der Waals surface area (Å²) in [5.41, 5.74) is 1.59. The molecule has 0 saturated carbocycles. The first-order chi connectivity index (χ1) is 6.75. The van der Waals surface area contributed by atoms with Gasteiger partial charge >= 0.3 is 0 Å². The molecule has 2 heteroatoms. The summed E-state index contributed by atoms with van der Waals surface area (Å²) in [6, 6.07) is 13.8. The van der Waals surface area contributed by atoms with E-state index in [-0.39, 0.29) is 11.6 Å². The van der Waals surface area contributed by atoms with E-state index < -0.39 is 0 Å². The van der Waals surface area contributed by atoms with Crippen LogP contribution < -0.4 is 0 Å². The van der Waals surface area contributed by atoms with Crippen LogP contribution in [0.2, 0.25) is 0 Å². The van der Waals surface area contributed by atoms with Crippen LogP contribution in [0.25, 0.3) is 11.1 Å². The minimum absolute atomic E-state index is 0.183. The summed E-state index contributed by atoms with van der Waals surface area (Å²) < 4.78 is 12.6. The van der Waals surface area contributed by atoms with E-state index in [2.05, 4.69) is 6.07 Å². The van der Waals surface area contributed by atoms with Crippen LogP contribution in [0.4, 0.5) is 4.39 Å². The number of rotatable bonds is 1. The largest absolute Gasteiger partial charge is 0.508 e. The highest BCUT2D eigenvalue weighted by Crippen LogP contribution is 2.22. The van der Waals surface area contributed by atoms with Crippen molar-refractivity contribution >= 4 is 0 Å². The fourth-order valence-corrected chi connectivity index (χ4v) is 1.25. The molecule has 1 radical (unpaired) electrons. The lowest BCUT2D eigenvalue weighted by molar-refractivity contribution is 0.475. The van der Waals surface area contributed by atoms with Gasteiger partial charge in [0.05, 0.1) is 0 Å². The first-order valence-corrected chi connectivity index (χ1v) is 4.22. The zero-order valence-electron chi connectivity index (χ0n) is 7.37. The molecule has 0 aliphatic heterocycles. The fraction of sp³-hybridized carbons (Fsp3) is 0. The topological polar surface area (TPSA) is 20.2 Å². The Balaban J connectivity index is 2.44. The zero-order valence-corrected chi connectivity index (χ0v) is 7.37. The highest BCUT2D eigenvalue weighted by atomic mass is 19.1. The minimum Gasteiger partial charge on any atom is -0.508 e. The van der Waals surface area contributed by atoms with Crippen molar-refractivity contribution in [1.29, 1.82) is 0 Å². The lowest BCUT2D eigenvalue weighted by Crippen LogP contribution is -1.78. The molecule has 2 rings (SSSR count). The van der Waals surface area contributed by atoms with Crippen LogP contribution in [0.1, 0.15) is 0 Å². The average molecular weight is 187 g/mol. The molecule has 14 heavy (non-hydrogen) atoms. The number of aromatic hydroxyl groups is 1. The van der Waals surface area contributed by atoms with Crippen LogP contribution in [-0.4, -0.2) is 5.11 Å². The van der Waals surface area contributed by atoms with Crippen LogP contribution in [-0.2, 0) is 0 Å². The lowest BCUT2D eigenvalue weighted by Gasteiger charge is -2.00. The van der Waals surface area contributed by atoms with Gasteiger partial charge in [0, 0.05) is 0 Å². The Bertz CT molecular complexity index is 434. The Hall–Kier alpha value is -1.83. The Morgan fingerprint density at radius 3 is 2.43 bits per heavy atom. The molecule has 0 aromatic heterocycles. The Morgan fingerprint density at radius 1 is 1.07 bits per heavy atom. The summed E-state index contributed by atoms with van der Waals surface area (Å²) in [7, 11) is 0. The molecule has 2 aromatic carbocycles. The SMILES string of the molecule is Oc1cc[c]c(-c2ccc(F)cc2)c1. The van der Waals surface area contributed by atoms with Gasteiger partial charge in [0.15, 0.2) is 0 Å².